The van der Waals surface area contributed by atoms with Gasteiger partial charge in [-0.15, -0.1) is 0 Å². The summed E-state index contributed by atoms with van der Waals surface area (Å²) in [5, 5.41) is 0.568. The van der Waals surface area contributed by atoms with Gasteiger partial charge in [-0.2, -0.15) is 4.31 Å². The number of rotatable bonds is 4. The molecule has 0 N–H and O–H groups in total. The van der Waals surface area contributed by atoms with Gasteiger partial charge in [0, 0.05) is 18.1 Å². The van der Waals surface area contributed by atoms with E-state index in [0.29, 0.717) is 23.7 Å². The molecule has 128 valence electrons. The van der Waals surface area contributed by atoms with Crippen LogP contribution in [0.5, 0.6) is 0 Å². The maximum atomic E-state index is 13.0. The summed E-state index contributed by atoms with van der Waals surface area (Å²) in [4.78, 5) is 0. The number of nitrogens with zero attached hydrogens (tertiary/aromatic N) is 1. The fourth-order valence-electron chi connectivity index (χ4n) is 2.64. The van der Waals surface area contributed by atoms with Gasteiger partial charge in [-0.3, -0.25) is 0 Å². The van der Waals surface area contributed by atoms with E-state index in [-0.39, 0.29) is 24.2 Å². The van der Waals surface area contributed by atoms with Crippen LogP contribution in [0.2, 0.25) is 5.02 Å². The third kappa shape index (κ3) is 4.13. The number of sulfonamides is 1. The quantitative estimate of drug-likeness (QED) is 0.830. The maximum absolute atomic E-state index is 13.0. The van der Waals surface area contributed by atoms with Crippen molar-refractivity contribution in [2.75, 3.05) is 19.7 Å². The molecule has 1 saturated heterocycles. The number of ether oxygens (including phenoxy) is 1. The molecule has 2 aromatic rings. The van der Waals surface area contributed by atoms with Crippen LogP contribution < -0.4 is 0 Å². The van der Waals surface area contributed by atoms with E-state index in [1.165, 1.54) is 16.4 Å². The molecule has 1 atom stereocenters. The molecule has 1 aliphatic heterocycles. The van der Waals surface area contributed by atoms with Gasteiger partial charge in [0.2, 0.25) is 10.0 Å². The molecule has 0 aliphatic carbocycles. The van der Waals surface area contributed by atoms with E-state index in [4.69, 9.17) is 16.3 Å². The SMILES string of the molecule is O=S(=O)(Cc1ccc(Cl)cc1)N1CCOC(c2ccc(F)cc2)C1. The second kappa shape index (κ2) is 7.19. The van der Waals surface area contributed by atoms with Crippen LogP contribution in [0.25, 0.3) is 0 Å². The van der Waals surface area contributed by atoms with Gasteiger partial charge in [-0.1, -0.05) is 35.9 Å². The van der Waals surface area contributed by atoms with Gasteiger partial charge < -0.3 is 4.74 Å². The Hall–Kier alpha value is -1.47. The minimum atomic E-state index is -3.46. The molecule has 24 heavy (non-hydrogen) atoms. The molecule has 0 aromatic heterocycles. The largest absolute Gasteiger partial charge is 0.371 e. The van der Waals surface area contributed by atoms with Crippen LogP contribution in [0.15, 0.2) is 48.5 Å². The Morgan fingerprint density at radius 2 is 1.79 bits per heavy atom. The molecule has 4 nitrogen and oxygen atoms in total. The molecule has 3 rings (SSSR count). The van der Waals surface area contributed by atoms with Gasteiger partial charge >= 0.3 is 0 Å². The normalized spacial score (nSPS) is 19.3. The van der Waals surface area contributed by atoms with Crippen molar-refractivity contribution in [3.8, 4) is 0 Å². The summed E-state index contributed by atoms with van der Waals surface area (Å²) in [5.74, 6) is -0.415. The highest BCUT2D eigenvalue weighted by molar-refractivity contribution is 7.88. The van der Waals surface area contributed by atoms with Crippen LogP contribution in [-0.2, 0) is 20.5 Å². The topological polar surface area (TPSA) is 46.6 Å². The zero-order valence-electron chi connectivity index (χ0n) is 12.9. The van der Waals surface area contributed by atoms with Gasteiger partial charge in [0.15, 0.2) is 0 Å². The zero-order valence-corrected chi connectivity index (χ0v) is 14.4. The molecule has 1 unspecified atom stereocenters. The Morgan fingerprint density at radius 3 is 2.46 bits per heavy atom. The third-order valence-electron chi connectivity index (χ3n) is 3.93. The Morgan fingerprint density at radius 1 is 1.12 bits per heavy atom. The van der Waals surface area contributed by atoms with E-state index >= 15 is 0 Å². The molecule has 0 amide bonds. The average Bonchev–Trinajstić information content (AvgIpc) is 2.58. The summed E-state index contributed by atoms with van der Waals surface area (Å²) in [6.45, 7) is 0.844. The van der Waals surface area contributed by atoms with Crippen LogP contribution in [0.1, 0.15) is 17.2 Å². The second-order valence-corrected chi connectivity index (χ2v) is 8.06. The fourth-order valence-corrected chi connectivity index (χ4v) is 4.28. The van der Waals surface area contributed by atoms with E-state index in [9.17, 15) is 12.8 Å². The molecule has 7 heteroatoms. The number of morpholine rings is 1. The summed E-state index contributed by atoms with van der Waals surface area (Å²) in [5.41, 5.74) is 1.45. The van der Waals surface area contributed by atoms with Crippen LogP contribution in [0.4, 0.5) is 4.39 Å². The van der Waals surface area contributed by atoms with Gasteiger partial charge in [0.05, 0.1) is 18.5 Å². The van der Waals surface area contributed by atoms with Crippen molar-refractivity contribution in [3.05, 3.63) is 70.5 Å². The molecule has 1 fully saturated rings. The van der Waals surface area contributed by atoms with Crippen LogP contribution in [-0.4, -0.2) is 32.4 Å². The predicted molar refractivity (Wildman–Crippen MR) is 90.7 cm³/mol. The first-order chi connectivity index (χ1) is 11.4. The summed E-state index contributed by atoms with van der Waals surface area (Å²) in [6.07, 6.45) is -0.389. The van der Waals surface area contributed by atoms with Crippen LogP contribution in [0, 0.1) is 5.82 Å². The summed E-state index contributed by atoms with van der Waals surface area (Å²) < 4.78 is 45.4. The lowest BCUT2D eigenvalue weighted by Crippen LogP contribution is -2.42. The van der Waals surface area contributed by atoms with Crippen molar-refractivity contribution in [1.82, 2.24) is 4.31 Å². The van der Waals surface area contributed by atoms with Crippen molar-refractivity contribution in [2.45, 2.75) is 11.9 Å². The molecular weight excluding hydrogens is 353 g/mol. The number of halogens is 2. The first kappa shape index (κ1) is 17.4. The molecule has 0 spiro atoms. The smallest absolute Gasteiger partial charge is 0.218 e. The summed E-state index contributed by atoms with van der Waals surface area (Å²) in [7, 11) is -3.46. The molecule has 2 aromatic carbocycles. The highest BCUT2D eigenvalue weighted by Crippen LogP contribution is 2.25. The highest BCUT2D eigenvalue weighted by atomic mass is 35.5. The molecule has 1 heterocycles. The summed E-state index contributed by atoms with van der Waals surface area (Å²) in [6, 6.07) is 12.7. The van der Waals surface area contributed by atoms with Crippen molar-refractivity contribution in [1.29, 1.82) is 0 Å². The lowest BCUT2D eigenvalue weighted by molar-refractivity contribution is -0.00263. The lowest BCUT2D eigenvalue weighted by Gasteiger charge is -2.32. The van der Waals surface area contributed by atoms with Crippen molar-refractivity contribution in [3.63, 3.8) is 0 Å². The first-order valence-corrected chi connectivity index (χ1v) is 9.52. The van der Waals surface area contributed by atoms with Crippen molar-refractivity contribution < 1.29 is 17.5 Å². The van der Waals surface area contributed by atoms with Gasteiger partial charge in [-0.25, -0.2) is 12.8 Å². The van der Waals surface area contributed by atoms with E-state index < -0.39 is 10.0 Å². The average molecular weight is 370 g/mol. The molecule has 0 bridgehead atoms. The number of hydrogen-bond acceptors (Lipinski definition) is 3. The molecule has 1 aliphatic rings. The first-order valence-electron chi connectivity index (χ1n) is 7.53. The van der Waals surface area contributed by atoms with Crippen LogP contribution >= 0.6 is 11.6 Å². The Labute approximate surface area is 145 Å². The van der Waals surface area contributed by atoms with E-state index in [1.807, 2.05) is 0 Å². The van der Waals surface area contributed by atoms with Gasteiger partial charge in [0.25, 0.3) is 0 Å². The number of benzene rings is 2. The Bertz CT molecular complexity index is 794. The summed E-state index contributed by atoms with van der Waals surface area (Å²) >= 11 is 5.83. The monoisotopic (exact) mass is 369 g/mol. The van der Waals surface area contributed by atoms with E-state index in [1.54, 1.807) is 36.4 Å². The fraction of sp³-hybridized carbons (Fsp3) is 0.294. The standard InChI is InChI=1S/C17H17ClFNO3S/c18-15-5-1-13(2-6-15)12-24(21,22)20-9-10-23-17(11-20)14-3-7-16(19)8-4-14/h1-8,17H,9-12H2. The minimum absolute atomic E-state index is 0.0830. The predicted octanol–water partition coefficient (Wildman–Crippen LogP) is 3.38. The van der Waals surface area contributed by atoms with Crippen molar-refractivity contribution >= 4 is 21.6 Å². The lowest BCUT2D eigenvalue weighted by atomic mass is 10.1. The number of hydrogen-bond donors (Lipinski definition) is 0. The third-order valence-corrected chi connectivity index (χ3v) is 6.00. The van der Waals surface area contributed by atoms with Crippen LogP contribution in [0.3, 0.4) is 0 Å². The van der Waals surface area contributed by atoms with Gasteiger partial charge in [0.1, 0.15) is 5.82 Å². The van der Waals surface area contributed by atoms with E-state index in [0.717, 1.165) is 5.56 Å². The zero-order chi connectivity index (χ0) is 17.2. The molecular formula is C17H17ClFNO3S. The Kier molecular flexibility index (Phi) is 5.20. The van der Waals surface area contributed by atoms with Gasteiger partial charge in [-0.05, 0) is 35.4 Å². The minimum Gasteiger partial charge on any atom is -0.371 e. The highest BCUT2D eigenvalue weighted by Gasteiger charge is 2.30. The van der Waals surface area contributed by atoms with Crippen molar-refractivity contribution in [2.24, 2.45) is 0 Å². The second-order valence-electron chi connectivity index (χ2n) is 5.65. The molecule has 0 saturated carbocycles. The Balaban J connectivity index is 1.73. The maximum Gasteiger partial charge on any atom is 0.218 e. The molecule has 0 radical (unpaired) electrons. The van der Waals surface area contributed by atoms with E-state index in [2.05, 4.69) is 0 Å².